The van der Waals surface area contributed by atoms with Gasteiger partial charge in [0, 0.05) is 17.5 Å². The van der Waals surface area contributed by atoms with Crippen LogP contribution >= 0.6 is 0 Å². The maximum atomic E-state index is 5.95. The molecule has 0 amide bonds. The number of pyridine rings is 1. The molecular weight excluding hydrogens is 260 g/mol. The lowest BCUT2D eigenvalue weighted by Crippen LogP contribution is -2.19. The number of fused-ring (bicyclic) bond motifs is 3. The third-order valence-corrected chi connectivity index (χ3v) is 3.79. The summed E-state index contributed by atoms with van der Waals surface area (Å²) < 4.78 is 5.95. The highest BCUT2D eigenvalue weighted by molar-refractivity contribution is 5.97. The zero-order valence-corrected chi connectivity index (χ0v) is 11.9. The Labute approximate surface area is 123 Å². The van der Waals surface area contributed by atoms with E-state index in [1.807, 2.05) is 18.2 Å². The molecule has 0 unspecified atom stereocenters. The molecule has 0 aliphatic carbocycles. The summed E-state index contributed by atoms with van der Waals surface area (Å²) in [5.41, 5.74) is 5.26. The fourth-order valence-corrected chi connectivity index (χ4v) is 2.80. The normalized spacial score (nSPS) is 13.4. The van der Waals surface area contributed by atoms with Crippen molar-refractivity contribution < 1.29 is 4.74 Å². The molecule has 104 valence electrons. The van der Waals surface area contributed by atoms with Gasteiger partial charge in [-0.25, -0.2) is 4.98 Å². The lowest BCUT2D eigenvalue weighted by molar-refractivity contribution is 0.327. The van der Waals surface area contributed by atoms with Crippen LogP contribution in [0.5, 0.6) is 5.75 Å². The first-order chi connectivity index (χ1) is 10.3. The summed E-state index contributed by atoms with van der Waals surface area (Å²) in [5, 5.41) is 4.53. The molecular formula is C18H16N2O. The lowest BCUT2D eigenvalue weighted by atomic mass is 10.0. The summed E-state index contributed by atoms with van der Waals surface area (Å²) in [5.74, 6) is 0.925. The van der Waals surface area contributed by atoms with E-state index in [1.165, 1.54) is 5.56 Å². The first-order valence-corrected chi connectivity index (χ1v) is 7.19. The summed E-state index contributed by atoms with van der Waals surface area (Å²) in [7, 11) is 0. The number of rotatable bonds is 1. The smallest absolute Gasteiger partial charge is 0.154 e. The van der Waals surface area contributed by atoms with E-state index >= 15 is 0 Å². The van der Waals surface area contributed by atoms with Crippen LogP contribution in [-0.4, -0.2) is 18.1 Å². The van der Waals surface area contributed by atoms with Gasteiger partial charge in [0.1, 0.15) is 12.3 Å². The summed E-state index contributed by atoms with van der Waals surface area (Å²) in [6, 6.07) is 16.5. The SMILES string of the molecule is Cc1ccc2nc(-c3ccccc3)c3c(c2c1)OCCN3. The Balaban J connectivity index is 2.06. The third kappa shape index (κ3) is 2.02. The maximum Gasteiger partial charge on any atom is 0.154 e. The fourth-order valence-electron chi connectivity index (χ4n) is 2.80. The fraction of sp³-hybridized carbons (Fsp3) is 0.167. The second-order valence-electron chi connectivity index (χ2n) is 5.33. The predicted octanol–water partition coefficient (Wildman–Crippen LogP) is 4.01. The van der Waals surface area contributed by atoms with Gasteiger partial charge in [-0.3, -0.25) is 0 Å². The minimum absolute atomic E-state index is 0.689. The van der Waals surface area contributed by atoms with Crippen molar-refractivity contribution in [2.45, 2.75) is 6.92 Å². The highest BCUT2D eigenvalue weighted by Gasteiger charge is 2.20. The predicted molar refractivity (Wildman–Crippen MR) is 85.9 cm³/mol. The molecule has 1 aromatic heterocycles. The van der Waals surface area contributed by atoms with E-state index in [4.69, 9.17) is 9.72 Å². The number of nitrogens with zero attached hydrogens (tertiary/aromatic N) is 1. The Morgan fingerprint density at radius 1 is 1.10 bits per heavy atom. The minimum atomic E-state index is 0.689. The molecule has 1 aliphatic heterocycles. The number of aryl methyl sites for hydroxylation is 1. The van der Waals surface area contributed by atoms with Crippen LogP contribution in [0.15, 0.2) is 48.5 Å². The van der Waals surface area contributed by atoms with E-state index in [9.17, 15) is 0 Å². The van der Waals surface area contributed by atoms with Crippen molar-refractivity contribution in [3.8, 4) is 17.0 Å². The van der Waals surface area contributed by atoms with E-state index in [0.29, 0.717) is 6.61 Å². The van der Waals surface area contributed by atoms with Crippen LogP contribution in [0, 0.1) is 6.92 Å². The number of hydrogen-bond donors (Lipinski definition) is 1. The first kappa shape index (κ1) is 12.2. The van der Waals surface area contributed by atoms with E-state index < -0.39 is 0 Å². The van der Waals surface area contributed by atoms with Gasteiger partial charge in [0.05, 0.1) is 11.2 Å². The van der Waals surface area contributed by atoms with Gasteiger partial charge < -0.3 is 10.1 Å². The van der Waals surface area contributed by atoms with Gasteiger partial charge in [-0.05, 0) is 19.1 Å². The molecule has 0 bridgehead atoms. The van der Waals surface area contributed by atoms with Crippen molar-refractivity contribution in [2.75, 3.05) is 18.5 Å². The lowest BCUT2D eigenvalue weighted by Gasteiger charge is -2.23. The molecule has 3 heteroatoms. The van der Waals surface area contributed by atoms with Gasteiger partial charge in [-0.15, -0.1) is 0 Å². The van der Waals surface area contributed by atoms with Gasteiger partial charge in [0.15, 0.2) is 5.75 Å². The minimum Gasteiger partial charge on any atom is -0.489 e. The van der Waals surface area contributed by atoms with Crippen molar-refractivity contribution in [3.63, 3.8) is 0 Å². The highest BCUT2D eigenvalue weighted by Crippen LogP contribution is 2.41. The molecule has 1 aliphatic rings. The van der Waals surface area contributed by atoms with Crippen molar-refractivity contribution in [2.24, 2.45) is 0 Å². The van der Waals surface area contributed by atoms with E-state index in [1.54, 1.807) is 0 Å². The van der Waals surface area contributed by atoms with E-state index in [0.717, 1.165) is 40.1 Å². The number of benzene rings is 2. The van der Waals surface area contributed by atoms with Gasteiger partial charge in [-0.2, -0.15) is 0 Å². The van der Waals surface area contributed by atoms with Crippen LogP contribution in [0.25, 0.3) is 22.2 Å². The van der Waals surface area contributed by atoms with Crippen molar-refractivity contribution in [3.05, 3.63) is 54.1 Å². The quantitative estimate of drug-likeness (QED) is 0.729. The Bertz CT molecular complexity index is 812. The van der Waals surface area contributed by atoms with Crippen LogP contribution in [0.3, 0.4) is 0 Å². The van der Waals surface area contributed by atoms with Crippen molar-refractivity contribution >= 4 is 16.6 Å². The molecule has 21 heavy (non-hydrogen) atoms. The molecule has 4 rings (SSSR count). The molecule has 0 fully saturated rings. The van der Waals surface area contributed by atoms with Crippen LogP contribution in [0.1, 0.15) is 5.56 Å². The van der Waals surface area contributed by atoms with E-state index in [2.05, 4.69) is 42.6 Å². The standard InChI is InChI=1S/C18H16N2O/c1-12-7-8-15-14(11-12)18-17(19-9-10-21-18)16(20-15)13-5-3-2-4-6-13/h2-8,11,19H,9-10H2,1H3. The van der Waals surface area contributed by atoms with Crippen LogP contribution < -0.4 is 10.1 Å². The molecule has 3 aromatic rings. The first-order valence-electron chi connectivity index (χ1n) is 7.19. The molecule has 0 atom stereocenters. The molecule has 0 spiro atoms. The summed E-state index contributed by atoms with van der Waals surface area (Å²) in [4.78, 5) is 4.86. The second kappa shape index (κ2) is 4.77. The Morgan fingerprint density at radius 3 is 2.81 bits per heavy atom. The largest absolute Gasteiger partial charge is 0.489 e. The molecule has 2 aromatic carbocycles. The maximum absolute atomic E-state index is 5.95. The highest BCUT2D eigenvalue weighted by atomic mass is 16.5. The zero-order chi connectivity index (χ0) is 14.2. The Kier molecular flexibility index (Phi) is 2.78. The molecule has 0 saturated carbocycles. The number of aromatic nitrogens is 1. The van der Waals surface area contributed by atoms with Crippen molar-refractivity contribution in [1.29, 1.82) is 0 Å². The zero-order valence-electron chi connectivity index (χ0n) is 11.9. The Morgan fingerprint density at radius 2 is 1.95 bits per heavy atom. The van der Waals surface area contributed by atoms with Crippen LogP contribution in [0.4, 0.5) is 5.69 Å². The van der Waals surface area contributed by atoms with Crippen molar-refractivity contribution in [1.82, 2.24) is 4.98 Å². The average molecular weight is 276 g/mol. The summed E-state index contributed by atoms with van der Waals surface area (Å²) in [6.07, 6.45) is 0. The Hall–Kier alpha value is -2.55. The van der Waals surface area contributed by atoms with Gasteiger partial charge in [0.2, 0.25) is 0 Å². The number of anilines is 1. The van der Waals surface area contributed by atoms with Gasteiger partial charge >= 0.3 is 0 Å². The van der Waals surface area contributed by atoms with E-state index in [-0.39, 0.29) is 0 Å². The number of nitrogens with one attached hydrogen (secondary N) is 1. The molecule has 0 radical (unpaired) electrons. The van der Waals surface area contributed by atoms with Crippen LogP contribution in [-0.2, 0) is 0 Å². The topological polar surface area (TPSA) is 34.1 Å². The third-order valence-electron chi connectivity index (χ3n) is 3.79. The average Bonchev–Trinajstić information content (AvgIpc) is 2.55. The van der Waals surface area contributed by atoms with Crippen LogP contribution in [0.2, 0.25) is 0 Å². The molecule has 0 saturated heterocycles. The van der Waals surface area contributed by atoms with Gasteiger partial charge in [-0.1, -0.05) is 42.0 Å². The summed E-state index contributed by atoms with van der Waals surface area (Å²) in [6.45, 7) is 3.59. The monoisotopic (exact) mass is 276 g/mol. The molecule has 3 nitrogen and oxygen atoms in total. The summed E-state index contributed by atoms with van der Waals surface area (Å²) >= 11 is 0. The molecule has 2 heterocycles. The number of ether oxygens (including phenoxy) is 1. The molecule has 1 N–H and O–H groups in total. The van der Waals surface area contributed by atoms with Gasteiger partial charge in [0.25, 0.3) is 0 Å². The number of hydrogen-bond acceptors (Lipinski definition) is 3. The second-order valence-corrected chi connectivity index (χ2v) is 5.33.